The van der Waals surface area contributed by atoms with Crippen molar-refractivity contribution in [2.45, 2.75) is 31.1 Å². The van der Waals surface area contributed by atoms with Crippen LogP contribution in [0.5, 0.6) is 0 Å². The summed E-state index contributed by atoms with van der Waals surface area (Å²) in [5.74, 6) is 0.189. The van der Waals surface area contributed by atoms with Gasteiger partial charge < -0.3 is 4.90 Å². The lowest BCUT2D eigenvalue weighted by molar-refractivity contribution is 0.0727. The smallest absolute Gasteiger partial charge is 0.254 e. The zero-order valence-electron chi connectivity index (χ0n) is 9.25. The average Bonchev–Trinajstić information content (AvgIpc) is 2.83. The topological polar surface area (TPSA) is 20.3 Å². The number of nitrogens with zero attached hydrogens (tertiary/aromatic N) is 1. The standard InChI is InChI=1S/C12H14BrNOS/c1-14-7-12(4-2-3-5-12)10-8(11(14)15)6-9(13)16-10/h6H,2-5,7H2,1H3. The van der Waals surface area contributed by atoms with E-state index in [1.165, 1.54) is 30.6 Å². The first kappa shape index (κ1) is 10.8. The molecule has 3 rings (SSSR count). The van der Waals surface area contributed by atoms with Gasteiger partial charge >= 0.3 is 0 Å². The first-order valence-electron chi connectivity index (χ1n) is 5.68. The van der Waals surface area contributed by atoms with Gasteiger partial charge in [-0.1, -0.05) is 12.8 Å². The van der Waals surface area contributed by atoms with Gasteiger partial charge in [-0.25, -0.2) is 0 Å². The van der Waals surface area contributed by atoms with Crippen molar-refractivity contribution >= 4 is 33.2 Å². The Balaban J connectivity index is 2.16. The third-order valence-electron chi connectivity index (χ3n) is 3.86. The van der Waals surface area contributed by atoms with Crippen molar-refractivity contribution in [1.82, 2.24) is 4.90 Å². The van der Waals surface area contributed by atoms with Gasteiger partial charge in [0.15, 0.2) is 0 Å². The molecule has 1 fully saturated rings. The Morgan fingerprint density at radius 1 is 1.44 bits per heavy atom. The molecule has 0 aromatic carbocycles. The molecule has 1 aliphatic heterocycles. The van der Waals surface area contributed by atoms with Crippen LogP contribution in [0.15, 0.2) is 9.85 Å². The number of carbonyl (C=O) groups is 1. The van der Waals surface area contributed by atoms with Crippen LogP contribution in [0.25, 0.3) is 0 Å². The fraction of sp³-hybridized carbons (Fsp3) is 0.583. The van der Waals surface area contributed by atoms with Gasteiger partial charge in [0, 0.05) is 23.9 Å². The van der Waals surface area contributed by atoms with Crippen LogP contribution in [-0.4, -0.2) is 24.4 Å². The Morgan fingerprint density at radius 2 is 2.12 bits per heavy atom. The highest BCUT2D eigenvalue weighted by atomic mass is 79.9. The number of thiophene rings is 1. The van der Waals surface area contributed by atoms with Crippen LogP contribution in [-0.2, 0) is 5.41 Å². The third-order valence-corrected chi connectivity index (χ3v) is 5.75. The number of hydrogen-bond donors (Lipinski definition) is 0. The van der Waals surface area contributed by atoms with Crippen LogP contribution in [0.2, 0.25) is 0 Å². The Bertz CT molecular complexity index is 448. The second-order valence-corrected chi connectivity index (χ2v) is 7.37. The summed E-state index contributed by atoms with van der Waals surface area (Å²) in [6.07, 6.45) is 5.09. The predicted molar refractivity (Wildman–Crippen MR) is 69.1 cm³/mol. The molecule has 4 heteroatoms. The SMILES string of the molecule is CN1CC2(CCCC2)c2sc(Br)cc2C1=O. The van der Waals surface area contributed by atoms with Crippen LogP contribution in [0.4, 0.5) is 0 Å². The lowest BCUT2D eigenvalue weighted by Gasteiger charge is -2.38. The molecule has 86 valence electrons. The number of carbonyl (C=O) groups excluding carboxylic acids is 1. The van der Waals surface area contributed by atoms with Gasteiger partial charge in [-0.2, -0.15) is 0 Å². The molecule has 2 nitrogen and oxygen atoms in total. The molecule has 1 saturated carbocycles. The average molecular weight is 300 g/mol. The molecule has 0 bridgehead atoms. The molecular formula is C12H14BrNOS. The van der Waals surface area contributed by atoms with Gasteiger partial charge in [0.25, 0.3) is 5.91 Å². The summed E-state index contributed by atoms with van der Waals surface area (Å²) in [5.41, 5.74) is 1.21. The molecule has 0 unspecified atom stereocenters. The summed E-state index contributed by atoms with van der Waals surface area (Å²) in [5, 5.41) is 0. The van der Waals surface area contributed by atoms with E-state index in [4.69, 9.17) is 0 Å². The van der Waals surface area contributed by atoms with E-state index >= 15 is 0 Å². The molecule has 0 atom stereocenters. The van der Waals surface area contributed by atoms with Crippen molar-refractivity contribution in [2.75, 3.05) is 13.6 Å². The van der Waals surface area contributed by atoms with E-state index in [-0.39, 0.29) is 11.3 Å². The summed E-state index contributed by atoms with van der Waals surface area (Å²) >= 11 is 5.28. The molecule has 0 saturated heterocycles. The van der Waals surface area contributed by atoms with Crippen LogP contribution in [0, 0.1) is 0 Å². The lowest BCUT2D eigenvalue weighted by atomic mass is 9.79. The molecule has 2 heterocycles. The van der Waals surface area contributed by atoms with E-state index in [2.05, 4.69) is 15.9 Å². The van der Waals surface area contributed by atoms with Crippen molar-refractivity contribution in [1.29, 1.82) is 0 Å². The van der Waals surface area contributed by atoms with Crippen molar-refractivity contribution in [3.05, 3.63) is 20.3 Å². The van der Waals surface area contributed by atoms with E-state index in [9.17, 15) is 4.79 Å². The van der Waals surface area contributed by atoms with Crippen molar-refractivity contribution in [3.63, 3.8) is 0 Å². The minimum atomic E-state index is 0.189. The fourth-order valence-electron chi connectivity index (χ4n) is 3.15. The minimum absolute atomic E-state index is 0.189. The van der Waals surface area contributed by atoms with Crippen LogP contribution in [0.1, 0.15) is 40.9 Å². The molecule has 16 heavy (non-hydrogen) atoms. The maximum Gasteiger partial charge on any atom is 0.254 e. The Labute approximate surface area is 108 Å². The van der Waals surface area contributed by atoms with Crippen molar-refractivity contribution in [3.8, 4) is 0 Å². The highest BCUT2D eigenvalue weighted by molar-refractivity contribution is 9.11. The van der Waals surface area contributed by atoms with E-state index in [0.29, 0.717) is 0 Å². The number of amides is 1. The van der Waals surface area contributed by atoms with E-state index < -0.39 is 0 Å². The van der Waals surface area contributed by atoms with E-state index in [1.807, 2.05) is 18.0 Å². The summed E-state index contributed by atoms with van der Waals surface area (Å²) < 4.78 is 1.09. The lowest BCUT2D eigenvalue weighted by Crippen LogP contribution is -2.45. The number of rotatable bonds is 0. The first-order valence-corrected chi connectivity index (χ1v) is 7.29. The maximum absolute atomic E-state index is 12.1. The second kappa shape index (κ2) is 3.57. The zero-order valence-corrected chi connectivity index (χ0v) is 11.7. The van der Waals surface area contributed by atoms with Gasteiger partial charge in [-0.15, -0.1) is 11.3 Å². The predicted octanol–water partition coefficient (Wildman–Crippen LogP) is 3.41. The number of likely N-dealkylation sites (N-methyl/N-ethyl adjacent to an activating group) is 1. The molecule has 0 radical (unpaired) electrons. The monoisotopic (exact) mass is 299 g/mol. The quantitative estimate of drug-likeness (QED) is 0.719. The number of halogens is 1. The third kappa shape index (κ3) is 1.39. The van der Waals surface area contributed by atoms with Gasteiger partial charge in [-0.05, 0) is 34.8 Å². The maximum atomic E-state index is 12.1. The molecule has 2 aliphatic rings. The van der Waals surface area contributed by atoms with E-state index in [0.717, 1.165) is 15.9 Å². The molecule has 1 spiro atoms. The Kier molecular flexibility index (Phi) is 2.41. The summed E-state index contributed by atoms with van der Waals surface area (Å²) in [7, 11) is 1.93. The normalized spacial score (nSPS) is 22.9. The zero-order chi connectivity index (χ0) is 11.3. The Morgan fingerprint density at radius 3 is 2.81 bits per heavy atom. The fourth-order valence-corrected chi connectivity index (χ4v) is 4.98. The van der Waals surface area contributed by atoms with Crippen molar-refractivity contribution in [2.24, 2.45) is 0 Å². The Hall–Kier alpha value is -0.350. The molecular weight excluding hydrogens is 286 g/mol. The molecule has 1 amide bonds. The molecule has 1 aliphatic carbocycles. The van der Waals surface area contributed by atoms with Crippen LogP contribution < -0.4 is 0 Å². The van der Waals surface area contributed by atoms with Gasteiger partial charge in [0.2, 0.25) is 0 Å². The van der Waals surface area contributed by atoms with Gasteiger partial charge in [-0.3, -0.25) is 4.79 Å². The molecule has 0 N–H and O–H groups in total. The first-order chi connectivity index (χ1) is 7.62. The van der Waals surface area contributed by atoms with Crippen molar-refractivity contribution < 1.29 is 4.79 Å². The number of hydrogen-bond acceptors (Lipinski definition) is 2. The van der Waals surface area contributed by atoms with E-state index in [1.54, 1.807) is 11.3 Å². The summed E-state index contributed by atoms with van der Waals surface area (Å²) in [4.78, 5) is 15.3. The molecule has 1 aromatic rings. The van der Waals surface area contributed by atoms with Gasteiger partial charge in [0.05, 0.1) is 9.35 Å². The summed E-state index contributed by atoms with van der Waals surface area (Å²) in [6.45, 7) is 0.909. The summed E-state index contributed by atoms with van der Waals surface area (Å²) in [6, 6.07) is 2.00. The highest BCUT2D eigenvalue weighted by Crippen LogP contribution is 2.49. The highest BCUT2D eigenvalue weighted by Gasteiger charge is 2.45. The molecule has 1 aromatic heterocycles. The minimum Gasteiger partial charge on any atom is -0.341 e. The van der Waals surface area contributed by atoms with Crippen LogP contribution in [0.3, 0.4) is 0 Å². The second-order valence-electron chi connectivity index (χ2n) is 4.94. The van der Waals surface area contributed by atoms with Gasteiger partial charge in [0.1, 0.15) is 0 Å². The largest absolute Gasteiger partial charge is 0.341 e. The van der Waals surface area contributed by atoms with Crippen LogP contribution >= 0.6 is 27.3 Å². The number of fused-ring (bicyclic) bond motifs is 2.